The highest BCUT2D eigenvalue weighted by atomic mass is 32.2. The zero-order chi connectivity index (χ0) is 14.2. The molecule has 1 unspecified atom stereocenters. The molecule has 0 aliphatic carbocycles. The van der Waals surface area contributed by atoms with Gasteiger partial charge in [-0.1, -0.05) is 11.6 Å². The van der Waals surface area contributed by atoms with Gasteiger partial charge < -0.3 is 9.84 Å². The number of ether oxygens (including phenoxy) is 1. The second-order valence-corrected chi connectivity index (χ2v) is 5.31. The minimum Gasteiger partial charge on any atom is -0.464 e. The van der Waals surface area contributed by atoms with Gasteiger partial charge in [0.15, 0.2) is 0 Å². The van der Waals surface area contributed by atoms with Crippen molar-refractivity contribution in [2.75, 3.05) is 6.61 Å². The molecule has 104 valence electrons. The number of carbonyl (C=O) groups is 1. The Bertz CT molecular complexity index is 421. The fourth-order valence-electron chi connectivity index (χ4n) is 1.19. The lowest BCUT2D eigenvalue weighted by atomic mass is 10.1. The van der Waals surface area contributed by atoms with E-state index in [1.54, 1.807) is 6.08 Å². The zero-order valence-electron chi connectivity index (χ0n) is 10.4. The summed E-state index contributed by atoms with van der Waals surface area (Å²) in [5.41, 5.74) is -0.725. The molecule has 0 aromatic heterocycles. The smallest absolute Gasteiger partial charge is 0.296 e. The highest BCUT2D eigenvalue weighted by molar-refractivity contribution is 7.86. The first kappa shape index (κ1) is 16.8. The van der Waals surface area contributed by atoms with E-state index in [9.17, 15) is 18.3 Å². The van der Waals surface area contributed by atoms with Crippen LogP contribution >= 0.6 is 0 Å². The normalized spacial score (nSPS) is 15.3. The van der Waals surface area contributed by atoms with Crippen LogP contribution in [0.3, 0.4) is 0 Å². The second kappa shape index (κ2) is 8.02. The van der Waals surface area contributed by atoms with Gasteiger partial charge in [0.05, 0.1) is 0 Å². The van der Waals surface area contributed by atoms with Crippen LogP contribution < -0.4 is 0 Å². The Kier molecular flexibility index (Phi) is 7.49. The van der Waals surface area contributed by atoms with E-state index in [0.717, 1.165) is 5.57 Å². The summed E-state index contributed by atoms with van der Waals surface area (Å²) in [5.74, 6) is 0. The topological polar surface area (TPSA) is 101 Å². The summed E-state index contributed by atoms with van der Waals surface area (Å²) < 4.78 is 34.4. The molecule has 0 fully saturated rings. The maximum Gasteiger partial charge on any atom is 0.296 e. The Morgan fingerprint density at radius 1 is 1.33 bits per heavy atom. The SMILES string of the molecule is CC(=CCOC=O)CCC=C(C)C(O)S(=O)(=O)O. The molecule has 0 bridgehead atoms. The minimum absolute atomic E-state index is 0.175. The van der Waals surface area contributed by atoms with Gasteiger partial charge in [0, 0.05) is 0 Å². The molecule has 6 nitrogen and oxygen atoms in total. The van der Waals surface area contributed by atoms with Crippen LogP contribution in [0, 0.1) is 0 Å². The van der Waals surface area contributed by atoms with Crippen molar-refractivity contribution in [2.45, 2.75) is 32.1 Å². The van der Waals surface area contributed by atoms with Crippen LogP contribution in [0.5, 0.6) is 0 Å². The van der Waals surface area contributed by atoms with Crippen LogP contribution in [0.2, 0.25) is 0 Å². The van der Waals surface area contributed by atoms with E-state index in [0.29, 0.717) is 19.3 Å². The standard InChI is InChI=1S/C11H18O6S/c1-9(6-7-17-8-12)4-3-5-10(2)11(13)18(14,15)16/h5-6,8,11,13H,3-4,7H2,1-2H3,(H,14,15,16). The summed E-state index contributed by atoms with van der Waals surface area (Å²) in [6, 6.07) is 0. The molecule has 0 aromatic rings. The van der Waals surface area contributed by atoms with E-state index in [2.05, 4.69) is 4.74 Å². The first-order chi connectivity index (χ1) is 8.29. The molecule has 0 radical (unpaired) electrons. The van der Waals surface area contributed by atoms with Gasteiger partial charge in [0.2, 0.25) is 5.44 Å². The first-order valence-electron chi connectivity index (χ1n) is 5.31. The van der Waals surface area contributed by atoms with Crippen LogP contribution in [0.4, 0.5) is 0 Å². The third-order valence-electron chi connectivity index (χ3n) is 2.27. The van der Waals surface area contributed by atoms with Crippen LogP contribution in [0.1, 0.15) is 26.7 Å². The van der Waals surface area contributed by atoms with Crippen LogP contribution in [0.15, 0.2) is 23.3 Å². The van der Waals surface area contributed by atoms with Gasteiger partial charge in [-0.15, -0.1) is 0 Å². The Hall–Kier alpha value is -1.18. The van der Waals surface area contributed by atoms with E-state index in [4.69, 9.17) is 4.55 Å². The number of hydrogen-bond acceptors (Lipinski definition) is 5. The average Bonchev–Trinajstić information content (AvgIpc) is 2.27. The monoisotopic (exact) mass is 278 g/mol. The number of aliphatic hydroxyl groups is 1. The molecule has 0 heterocycles. The van der Waals surface area contributed by atoms with Crippen molar-refractivity contribution in [3.05, 3.63) is 23.3 Å². The quantitative estimate of drug-likeness (QED) is 0.298. The molecule has 0 amide bonds. The second-order valence-electron chi connectivity index (χ2n) is 3.83. The fourth-order valence-corrected chi connectivity index (χ4v) is 1.76. The van der Waals surface area contributed by atoms with Crippen molar-refractivity contribution in [1.82, 2.24) is 0 Å². The molecule has 0 rings (SSSR count). The summed E-state index contributed by atoms with van der Waals surface area (Å²) in [7, 11) is -4.46. The van der Waals surface area contributed by atoms with Crippen molar-refractivity contribution in [3.63, 3.8) is 0 Å². The number of carbonyl (C=O) groups excluding carboxylic acids is 1. The highest BCUT2D eigenvalue weighted by Crippen LogP contribution is 2.11. The van der Waals surface area contributed by atoms with Gasteiger partial charge in [-0.05, 0) is 38.3 Å². The van der Waals surface area contributed by atoms with Crippen LogP contribution in [-0.4, -0.2) is 36.6 Å². The number of aliphatic hydroxyl groups excluding tert-OH is 1. The Balaban J connectivity index is 4.24. The molecular weight excluding hydrogens is 260 g/mol. The molecule has 0 aliphatic heterocycles. The van der Waals surface area contributed by atoms with Gasteiger partial charge >= 0.3 is 0 Å². The summed E-state index contributed by atoms with van der Waals surface area (Å²) >= 11 is 0. The van der Waals surface area contributed by atoms with Crippen LogP contribution in [-0.2, 0) is 19.6 Å². The van der Waals surface area contributed by atoms with Crippen LogP contribution in [0.25, 0.3) is 0 Å². The van der Waals surface area contributed by atoms with Gasteiger partial charge in [-0.3, -0.25) is 9.35 Å². The molecular formula is C11H18O6S. The number of hydrogen-bond donors (Lipinski definition) is 2. The lowest BCUT2D eigenvalue weighted by Crippen LogP contribution is -2.20. The van der Waals surface area contributed by atoms with Gasteiger partial charge in [-0.2, -0.15) is 8.42 Å². The van der Waals surface area contributed by atoms with E-state index in [1.807, 2.05) is 6.92 Å². The summed E-state index contributed by atoms with van der Waals surface area (Å²) in [5, 5.41) is 9.21. The van der Waals surface area contributed by atoms with Crippen molar-refractivity contribution in [1.29, 1.82) is 0 Å². The largest absolute Gasteiger partial charge is 0.464 e. The average molecular weight is 278 g/mol. The van der Waals surface area contributed by atoms with Gasteiger partial charge in [0.25, 0.3) is 16.6 Å². The van der Waals surface area contributed by atoms with E-state index < -0.39 is 15.6 Å². The fraction of sp³-hybridized carbons (Fsp3) is 0.545. The molecule has 2 N–H and O–H groups in total. The van der Waals surface area contributed by atoms with Crippen molar-refractivity contribution in [3.8, 4) is 0 Å². The molecule has 18 heavy (non-hydrogen) atoms. The molecule has 7 heteroatoms. The molecule has 0 saturated heterocycles. The maximum absolute atomic E-state index is 10.6. The molecule has 1 atom stereocenters. The predicted octanol–water partition coefficient (Wildman–Crippen LogP) is 1.04. The molecule has 0 aliphatic rings. The highest BCUT2D eigenvalue weighted by Gasteiger charge is 2.20. The van der Waals surface area contributed by atoms with E-state index >= 15 is 0 Å². The predicted molar refractivity (Wildman–Crippen MR) is 66.3 cm³/mol. The number of rotatable bonds is 8. The Morgan fingerprint density at radius 2 is 1.94 bits per heavy atom. The lowest BCUT2D eigenvalue weighted by molar-refractivity contribution is -0.127. The zero-order valence-corrected chi connectivity index (χ0v) is 11.2. The van der Waals surface area contributed by atoms with E-state index in [1.165, 1.54) is 13.0 Å². The van der Waals surface area contributed by atoms with Gasteiger partial charge in [-0.25, -0.2) is 0 Å². The lowest BCUT2D eigenvalue weighted by Gasteiger charge is -2.07. The molecule has 0 saturated carbocycles. The van der Waals surface area contributed by atoms with Crippen molar-refractivity contribution in [2.24, 2.45) is 0 Å². The maximum atomic E-state index is 10.6. The third kappa shape index (κ3) is 7.21. The Labute approximate surface area is 107 Å². The molecule has 0 spiro atoms. The van der Waals surface area contributed by atoms with Crippen molar-refractivity contribution >= 4 is 16.6 Å². The summed E-state index contributed by atoms with van der Waals surface area (Å²) in [4.78, 5) is 9.89. The van der Waals surface area contributed by atoms with Gasteiger partial charge in [0.1, 0.15) is 6.61 Å². The molecule has 0 aromatic carbocycles. The van der Waals surface area contributed by atoms with E-state index in [-0.39, 0.29) is 12.2 Å². The third-order valence-corrected chi connectivity index (χ3v) is 3.21. The summed E-state index contributed by atoms with van der Waals surface area (Å²) in [6.45, 7) is 3.82. The van der Waals surface area contributed by atoms with Crippen molar-refractivity contribution < 1.29 is 27.6 Å². The summed E-state index contributed by atoms with van der Waals surface area (Å²) in [6.07, 6.45) is 4.42. The minimum atomic E-state index is -4.46. The number of allylic oxidation sites excluding steroid dienone is 2. The first-order valence-corrected chi connectivity index (χ1v) is 6.81. The Morgan fingerprint density at radius 3 is 2.44 bits per heavy atom.